The van der Waals surface area contributed by atoms with Gasteiger partial charge in [0.05, 0.1) is 20.3 Å². The van der Waals surface area contributed by atoms with Gasteiger partial charge in [-0.1, -0.05) is 60.4 Å². The standard InChI is InChI=1S/C20H21NO3/c1-23-19(22)20(21,14-8-13-17-9-4-2-5-10-17)16-24-15-18-11-6-3-7-12-18/h2-7,9-12H,14-16,21H2,1H3/t20-/m1/s1. The van der Waals surface area contributed by atoms with Crippen LogP contribution in [-0.4, -0.2) is 25.2 Å². The molecule has 0 amide bonds. The maximum Gasteiger partial charge on any atom is 0.329 e. The maximum atomic E-state index is 12.0. The summed E-state index contributed by atoms with van der Waals surface area (Å²) in [7, 11) is 1.31. The highest BCUT2D eigenvalue weighted by atomic mass is 16.5. The van der Waals surface area contributed by atoms with E-state index in [1.54, 1.807) is 0 Å². The first kappa shape index (κ1) is 17.7. The van der Waals surface area contributed by atoms with E-state index in [9.17, 15) is 4.79 Å². The van der Waals surface area contributed by atoms with Crippen molar-refractivity contribution in [1.29, 1.82) is 0 Å². The number of carbonyl (C=O) groups is 1. The lowest BCUT2D eigenvalue weighted by atomic mass is 9.98. The van der Waals surface area contributed by atoms with Crippen molar-refractivity contribution in [1.82, 2.24) is 0 Å². The van der Waals surface area contributed by atoms with E-state index in [0.29, 0.717) is 6.61 Å². The molecule has 4 heteroatoms. The molecule has 0 aliphatic rings. The number of carbonyl (C=O) groups excluding carboxylic acids is 1. The molecule has 0 aliphatic carbocycles. The van der Waals surface area contributed by atoms with Crippen molar-refractivity contribution in [3.05, 3.63) is 71.8 Å². The number of ether oxygens (including phenoxy) is 2. The second-order valence-corrected chi connectivity index (χ2v) is 5.47. The van der Waals surface area contributed by atoms with Crippen molar-refractivity contribution < 1.29 is 14.3 Å². The molecule has 4 nitrogen and oxygen atoms in total. The summed E-state index contributed by atoms with van der Waals surface area (Å²) in [6.45, 7) is 0.418. The fraction of sp³-hybridized carbons (Fsp3) is 0.250. The van der Waals surface area contributed by atoms with Gasteiger partial charge in [-0.05, 0) is 17.7 Å². The fourth-order valence-corrected chi connectivity index (χ4v) is 2.14. The minimum absolute atomic E-state index is 0.0397. The molecule has 24 heavy (non-hydrogen) atoms. The van der Waals surface area contributed by atoms with Crippen LogP contribution in [0.25, 0.3) is 0 Å². The van der Waals surface area contributed by atoms with Crippen molar-refractivity contribution in [3.8, 4) is 11.8 Å². The molecule has 1 atom stereocenters. The lowest BCUT2D eigenvalue weighted by Gasteiger charge is -2.24. The Bertz CT molecular complexity index is 704. The van der Waals surface area contributed by atoms with Gasteiger partial charge in [0.2, 0.25) is 0 Å². The molecule has 0 saturated heterocycles. The van der Waals surface area contributed by atoms with Crippen molar-refractivity contribution in [2.45, 2.75) is 18.6 Å². The van der Waals surface area contributed by atoms with Gasteiger partial charge in [0, 0.05) is 12.0 Å². The highest BCUT2D eigenvalue weighted by Crippen LogP contribution is 2.12. The zero-order chi connectivity index (χ0) is 17.3. The summed E-state index contributed by atoms with van der Waals surface area (Å²) in [5.41, 5.74) is 6.78. The van der Waals surface area contributed by atoms with Crippen molar-refractivity contribution in [3.63, 3.8) is 0 Å². The Balaban J connectivity index is 1.98. The average Bonchev–Trinajstić information content (AvgIpc) is 2.63. The predicted molar refractivity (Wildman–Crippen MR) is 93.0 cm³/mol. The third kappa shape index (κ3) is 5.24. The van der Waals surface area contributed by atoms with E-state index >= 15 is 0 Å². The largest absolute Gasteiger partial charge is 0.468 e. The maximum absolute atomic E-state index is 12.0. The number of methoxy groups -OCH3 is 1. The number of esters is 1. The van der Waals surface area contributed by atoms with Crippen LogP contribution in [0, 0.1) is 11.8 Å². The van der Waals surface area contributed by atoms with Gasteiger partial charge in [-0.2, -0.15) is 0 Å². The molecule has 2 aromatic rings. The third-order valence-electron chi connectivity index (χ3n) is 3.47. The van der Waals surface area contributed by atoms with E-state index in [1.807, 2.05) is 60.7 Å². The molecule has 0 aliphatic heterocycles. The molecule has 0 heterocycles. The molecule has 2 rings (SSSR count). The predicted octanol–water partition coefficient (Wildman–Crippen LogP) is 2.52. The first-order valence-corrected chi connectivity index (χ1v) is 7.67. The molecule has 0 saturated carbocycles. The SMILES string of the molecule is COC(=O)[C@@](N)(CC#Cc1ccccc1)COCc1ccccc1. The Hall–Kier alpha value is -2.61. The van der Waals surface area contributed by atoms with E-state index in [-0.39, 0.29) is 13.0 Å². The summed E-state index contributed by atoms with van der Waals surface area (Å²) in [5.74, 6) is 5.41. The Morgan fingerprint density at radius 2 is 1.71 bits per heavy atom. The normalized spacial score (nSPS) is 12.6. The van der Waals surface area contributed by atoms with E-state index in [1.165, 1.54) is 7.11 Å². The average molecular weight is 323 g/mol. The molecule has 0 aromatic heterocycles. The smallest absolute Gasteiger partial charge is 0.329 e. The topological polar surface area (TPSA) is 61.5 Å². The highest BCUT2D eigenvalue weighted by molar-refractivity contribution is 5.81. The van der Waals surface area contributed by atoms with Gasteiger partial charge < -0.3 is 15.2 Å². The minimum Gasteiger partial charge on any atom is -0.468 e. The van der Waals surface area contributed by atoms with Crippen LogP contribution < -0.4 is 5.73 Å². The van der Waals surface area contributed by atoms with E-state index in [0.717, 1.165) is 11.1 Å². The van der Waals surface area contributed by atoms with Crippen LogP contribution in [0.1, 0.15) is 17.5 Å². The molecular weight excluding hydrogens is 302 g/mol. The van der Waals surface area contributed by atoms with Crippen molar-refractivity contribution >= 4 is 5.97 Å². The Kier molecular flexibility index (Phi) is 6.56. The van der Waals surface area contributed by atoms with Gasteiger partial charge in [0.1, 0.15) is 5.54 Å². The van der Waals surface area contributed by atoms with Gasteiger partial charge >= 0.3 is 5.97 Å². The monoisotopic (exact) mass is 323 g/mol. The highest BCUT2D eigenvalue weighted by Gasteiger charge is 2.35. The lowest BCUT2D eigenvalue weighted by molar-refractivity contribution is -0.149. The summed E-state index contributed by atoms with van der Waals surface area (Å²) >= 11 is 0. The Labute approximate surface area is 142 Å². The van der Waals surface area contributed by atoms with Crippen molar-refractivity contribution in [2.75, 3.05) is 13.7 Å². The summed E-state index contributed by atoms with van der Waals surface area (Å²) in [6, 6.07) is 19.2. The first-order valence-electron chi connectivity index (χ1n) is 7.67. The minimum atomic E-state index is -1.29. The second-order valence-electron chi connectivity index (χ2n) is 5.47. The fourth-order valence-electron chi connectivity index (χ4n) is 2.14. The Morgan fingerprint density at radius 3 is 2.33 bits per heavy atom. The summed E-state index contributed by atoms with van der Waals surface area (Å²) < 4.78 is 10.4. The lowest BCUT2D eigenvalue weighted by Crippen LogP contribution is -2.52. The number of rotatable bonds is 6. The van der Waals surface area contributed by atoms with Crippen LogP contribution in [0.5, 0.6) is 0 Å². The summed E-state index contributed by atoms with van der Waals surface area (Å²) in [5, 5.41) is 0. The molecule has 0 spiro atoms. The number of hydrogen-bond donors (Lipinski definition) is 1. The number of nitrogens with two attached hydrogens (primary N) is 1. The second kappa shape index (κ2) is 8.88. The molecule has 0 fully saturated rings. The van der Waals surface area contributed by atoms with Gasteiger partial charge in [-0.15, -0.1) is 0 Å². The molecule has 124 valence electrons. The zero-order valence-corrected chi connectivity index (χ0v) is 13.7. The third-order valence-corrected chi connectivity index (χ3v) is 3.47. The zero-order valence-electron chi connectivity index (χ0n) is 13.7. The Morgan fingerprint density at radius 1 is 1.08 bits per heavy atom. The van der Waals surface area contributed by atoms with E-state index in [2.05, 4.69) is 11.8 Å². The first-order chi connectivity index (χ1) is 11.6. The molecule has 0 radical (unpaired) electrons. The van der Waals surface area contributed by atoms with Crippen LogP contribution in [0.15, 0.2) is 60.7 Å². The van der Waals surface area contributed by atoms with Gasteiger partial charge in [0.25, 0.3) is 0 Å². The van der Waals surface area contributed by atoms with Crippen LogP contribution in [0.4, 0.5) is 0 Å². The molecule has 2 aromatic carbocycles. The molecule has 0 unspecified atom stereocenters. The number of hydrogen-bond acceptors (Lipinski definition) is 4. The molecule has 0 bridgehead atoms. The molecular formula is C20H21NO3. The van der Waals surface area contributed by atoms with Gasteiger partial charge in [-0.25, -0.2) is 4.79 Å². The van der Waals surface area contributed by atoms with E-state index < -0.39 is 11.5 Å². The van der Waals surface area contributed by atoms with E-state index in [4.69, 9.17) is 15.2 Å². The van der Waals surface area contributed by atoms with Gasteiger partial charge in [0.15, 0.2) is 0 Å². The van der Waals surface area contributed by atoms with Crippen molar-refractivity contribution in [2.24, 2.45) is 5.73 Å². The van der Waals surface area contributed by atoms with Gasteiger partial charge in [-0.3, -0.25) is 0 Å². The summed E-state index contributed by atoms with van der Waals surface area (Å²) in [6.07, 6.45) is 0.156. The quantitative estimate of drug-likeness (QED) is 0.655. The van der Waals surface area contributed by atoms with Crippen LogP contribution in [0.3, 0.4) is 0 Å². The number of benzene rings is 2. The molecule has 2 N–H and O–H groups in total. The van der Waals surface area contributed by atoms with Crippen LogP contribution in [0.2, 0.25) is 0 Å². The van der Waals surface area contributed by atoms with Crippen LogP contribution >= 0.6 is 0 Å². The van der Waals surface area contributed by atoms with Crippen LogP contribution in [-0.2, 0) is 20.9 Å². The summed E-state index contributed by atoms with van der Waals surface area (Å²) in [4.78, 5) is 12.0.